The molecule has 0 aromatic heterocycles. The Labute approximate surface area is 128 Å². The Morgan fingerprint density at radius 3 is 2.57 bits per heavy atom. The Balaban J connectivity index is 2.37. The monoisotopic (exact) mass is 328 g/mol. The summed E-state index contributed by atoms with van der Waals surface area (Å²) in [5, 5.41) is 13.2. The molecule has 0 radical (unpaired) electrons. The number of nitro groups is 1. The van der Waals surface area contributed by atoms with Crippen molar-refractivity contribution in [2.45, 2.75) is 0 Å². The SMILES string of the molecule is O=C(Nc1cc(F)cc(Cl)c1)c1cccc(Cl)c1[N+](=O)[O-]. The minimum Gasteiger partial charge on any atom is -0.322 e. The Hall–Kier alpha value is -2.18. The quantitative estimate of drug-likeness (QED) is 0.674. The van der Waals surface area contributed by atoms with Gasteiger partial charge in [0.2, 0.25) is 0 Å². The second kappa shape index (κ2) is 6.07. The number of hydrogen-bond acceptors (Lipinski definition) is 3. The highest BCUT2D eigenvalue weighted by atomic mass is 35.5. The number of halogens is 3. The number of hydrogen-bond donors (Lipinski definition) is 1. The van der Waals surface area contributed by atoms with Gasteiger partial charge in [-0.2, -0.15) is 0 Å². The van der Waals surface area contributed by atoms with Crippen molar-refractivity contribution in [1.29, 1.82) is 0 Å². The van der Waals surface area contributed by atoms with Crippen molar-refractivity contribution in [3.8, 4) is 0 Å². The highest BCUT2D eigenvalue weighted by Gasteiger charge is 2.23. The third kappa shape index (κ3) is 3.48. The summed E-state index contributed by atoms with van der Waals surface area (Å²) in [6.45, 7) is 0. The van der Waals surface area contributed by atoms with Crippen molar-refractivity contribution in [1.82, 2.24) is 0 Å². The van der Waals surface area contributed by atoms with Gasteiger partial charge in [-0.15, -0.1) is 0 Å². The van der Waals surface area contributed by atoms with E-state index < -0.39 is 22.3 Å². The van der Waals surface area contributed by atoms with E-state index >= 15 is 0 Å². The summed E-state index contributed by atoms with van der Waals surface area (Å²) in [6, 6.07) is 7.39. The Bertz CT molecular complexity index is 717. The molecule has 8 heteroatoms. The molecule has 108 valence electrons. The standard InChI is InChI=1S/C13H7Cl2FN2O3/c14-7-4-8(16)6-9(5-7)17-13(19)10-2-1-3-11(15)12(10)18(20)21/h1-6H,(H,17,19). The molecule has 0 bridgehead atoms. The predicted octanol–water partition coefficient (Wildman–Crippen LogP) is 4.29. The molecule has 2 aromatic rings. The molecule has 21 heavy (non-hydrogen) atoms. The van der Waals surface area contributed by atoms with Crippen LogP contribution in [0.4, 0.5) is 15.8 Å². The molecule has 0 unspecified atom stereocenters. The summed E-state index contributed by atoms with van der Waals surface area (Å²) in [6.07, 6.45) is 0. The van der Waals surface area contributed by atoms with Crippen molar-refractivity contribution in [2.24, 2.45) is 0 Å². The van der Waals surface area contributed by atoms with Crippen LogP contribution in [0.2, 0.25) is 10.0 Å². The van der Waals surface area contributed by atoms with E-state index in [1.807, 2.05) is 0 Å². The first-order chi connectivity index (χ1) is 9.88. The first-order valence-electron chi connectivity index (χ1n) is 5.59. The molecule has 0 aliphatic carbocycles. The molecule has 0 spiro atoms. The largest absolute Gasteiger partial charge is 0.322 e. The number of amides is 1. The highest BCUT2D eigenvalue weighted by Crippen LogP contribution is 2.29. The van der Waals surface area contributed by atoms with Gasteiger partial charge >= 0.3 is 5.69 Å². The Morgan fingerprint density at radius 1 is 1.24 bits per heavy atom. The normalized spacial score (nSPS) is 10.2. The van der Waals surface area contributed by atoms with Gasteiger partial charge < -0.3 is 5.32 Å². The van der Waals surface area contributed by atoms with Gasteiger partial charge in [-0.25, -0.2) is 4.39 Å². The zero-order valence-electron chi connectivity index (χ0n) is 10.3. The number of carbonyl (C=O) groups excluding carboxylic acids is 1. The average Bonchev–Trinajstić information content (AvgIpc) is 2.36. The van der Waals surface area contributed by atoms with Gasteiger partial charge in [0.25, 0.3) is 5.91 Å². The molecule has 0 saturated heterocycles. The molecular formula is C13H7Cl2FN2O3. The third-order valence-electron chi connectivity index (χ3n) is 2.53. The fourth-order valence-corrected chi connectivity index (χ4v) is 2.17. The molecule has 1 N–H and O–H groups in total. The van der Waals surface area contributed by atoms with E-state index in [4.69, 9.17) is 23.2 Å². The molecule has 0 aliphatic heterocycles. The molecule has 0 saturated carbocycles. The van der Waals surface area contributed by atoms with Crippen LogP contribution in [0, 0.1) is 15.9 Å². The summed E-state index contributed by atoms with van der Waals surface area (Å²) in [5.74, 6) is -1.43. The van der Waals surface area contributed by atoms with E-state index in [0.717, 1.165) is 12.1 Å². The van der Waals surface area contributed by atoms with E-state index in [9.17, 15) is 19.3 Å². The van der Waals surface area contributed by atoms with Crippen molar-refractivity contribution < 1.29 is 14.1 Å². The second-order valence-corrected chi connectivity index (χ2v) is 4.85. The topological polar surface area (TPSA) is 72.2 Å². The van der Waals surface area contributed by atoms with Crippen LogP contribution < -0.4 is 5.32 Å². The van der Waals surface area contributed by atoms with E-state index in [1.54, 1.807) is 0 Å². The number of nitro benzene ring substituents is 1. The number of carbonyl (C=O) groups is 1. The zero-order chi connectivity index (χ0) is 15.6. The molecule has 2 aromatic carbocycles. The lowest BCUT2D eigenvalue weighted by atomic mass is 10.1. The van der Waals surface area contributed by atoms with Gasteiger partial charge in [0.15, 0.2) is 0 Å². The Kier molecular flexibility index (Phi) is 4.40. The summed E-state index contributed by atoms with van der Waals surface area (Å²) in [5.41, 5.74) is -0.661. The maximum absolute atomic E-state index is 13.2. The average molecular weight is 329 g/mol. The summed E-state index contributed by atoms with van der Waals surface area (Å²) >= 11 is 11.4. The first kappa shape index (κ1) is 15.2. The van der Waals surface area contributed by atoms with Crippen LogP contribution in [0.15, 0.2) is 36.4 Å². The minimum absolute atomic E-state index is 0.0827. The molecule has 0 aliphatic rings. The first-order valence-corrected chi connectivity index (χ1v) is 6.34. The van der Waals surface area contributed by atoms with Crippen LogP contribution >= 0.6 is 23.2 Å². The third-order valence-corrected chi connectivity index (χ3v) is 3.06. The predicted molar refractivity (Wildman–Crippen MR) is 77.5 cm³/mol. The van der Waals surface area contributed by atoms with Crippen LogP contribution in [0.1, 0.15) is 10.4 Å². The van der Waals surface area contributed by atoms with Crippen LogP contribution in [-0.4, -0.2) is 10.8 Å². The number of benzene rings is 2. The van der Waals surface area contributed by atoms with E-state index in [-0.39, 0.29) is 21.3 Å². The zero-order valence-corrected chi connectivity index (χ0v) is 11.8. The maximum Gasteiger partial charge on any atom is 0.300 e. The fraction of sp³-hybridized carbons (Fsp3) is 0. The molecule has 1 amide bonds. The summed E-state index contributed by atoms with van der Waals surface area (Å²) < 4.78 is 13.2. The van der Waals surface area contributed by atoms with Crippen LogP contribution in [0.25, 0.3) is 0 Å². The van der Waals surface area contributed by atoms with Gasteiger partial charge in [0.05, 0.1) is 4.92 Å². The summed E-state index contributed by atoms with van der Waals surface area (Å²) in [7, 11) is 0. The van der Waals surface area contributed by atoms with Gasteiger partial charge in [-0.1, -0.05) is 29.3 Å². The van der Waals surface area contributed by atoms with Crippen LogP contribution in [0.3, 0.4) is 0 Å². The van der Waals surface area contributed by atoms with Gasteiger partial charge in [-0.05, 0) is 30.3 Å². The van der Waals surface area contributed by atoms with Crippen LogP contribution in [0.5, 0.6) is 0 Å². The van der Waals surface area contributed by atoms with Crippen molar-refractivity contribution in [2.75, 3.05) is 5.32 Å². The van der Waals surface area contributed by atoms with Crippen molar-refractivity contribution in [3.05, 3.63) is 67.9 Å². The molecule has 0 atom stereocenters. The van der Waals surface area contributed by atoms with Gasteiger partial charge in [0, 0.05) is 10.7 Å². The molecular weight excluding hydrogens is 322 g/mol. The molecule has 0 fully saturated rings. The van der Waals surface area contributed by atoms with Gasteiger partial charge in [-0.3, -0.25) is 14.9 Å². The lowest BCUT2D eigenvalue weighted by Crippen LogP contribution is -2.14. The smallest absolute Gasteiger partial charge is 0.300 e. The number of anilines is 1. The van der Waals surface area contributed by atoms with Gasteiger partial charge in [0.1, 0.15) is 16.4 Å². The number of para-hydroxylation sites is 1. The number of nitrogens with zero attached hydrogens (tertiary/aromatic N) is 1. The number of rotatable bonds is 3. The molecule has 0 heterocycles. The lowest BCUT2D eigenvalue weighted by molar-refractivity contribution is -0.385. The van der Waals surface area contributed by atoms with Crippen molar-refractivity contribution >= 4 is 40.5 Å². The minimum atomic E-state index is -0.786. The molecule has 5 nitrogen and oxygen atoms in total. The van der Waals surface area contributed by atoms with E-state index in [2.05, 4.69) is 5.32 Å². The van der Waals surface area contributed by atoms with E-state index in [0.29, 0.717) is 0 Å². The Morgan fingerprint density at radius 2 is 1.95 bits per heavy atom. The summed E-state index contributed by atoms with van der Waals surface area (Å²) in [4.78, 5) is 22.3. The molecule has 2 rings (SSSR count). The maximum atomic E-state index is 13.2. The van der Waals surface area contributed by atoms with Crippen LogP contribution in [-0.2, 0) is 0 Å². The van der Waals surface area contributed by atoms with E-state index in [1.165, 1.54) is 24.3 Å². The second-order valence-electron chi connectivity index (χ2n) is 4.01. The fourth-order valence-electron chi connectivity index (χ4n) is 1.71. The van der Waals surface area contributed by atoms with Crippen molar-refractivity contribution in [3.63, 3.8) is 0 Å². The highest BCUT2D eigenvalue weighted by molar-refractivity contribution is 6.33. The lowest BCUT2D eigenvalue weighted by Gasteiger charge is -2.07. The number of nitrogens with one attached hydrogen (secondary N) is 1.